The number of amides is 2. The fourth-order valence-electron chi connectivity index (χ4n) is 2.68. The first-order valence-corrected chi connectivity index (χ1v) is 9.49. The van der Waals surface area contributed by atoms with Gasteiger partial charge in [0.05, 0.1) is 16.0 Å². The molecule has 12 nitrogen and oxygen atoms in total. The van der Waals surface area contributed by atoms with Crippen molar-refractivity contribution >= 4 is 38.8 Å². The summed E-state index contributed by atoms with van der Waals surface area (Å²) >= 11 is 0. The highest BCUT2D eigenvalue weighted by Crippen LogP contribution is 2.22. The van der Waals surface area contributed by atoms with Gasteiger partial charge in [-0.3, -0.25) is 9.59 Å². The number of sulfonamides is 1. The van der Waals surface area contributed by atoms with Gasteiger partial charge in [0.15, 0.2) is 0 Å². The van der Waals surface area contributed by atoms with Gasteiger partial charge in [0.2, 0.25) is 10.0 Å². The number of benzene rings is 2. The molecular weight excluding hydrogens is 406 g/mol. The number of nitrogens with zero attached hydrogens (tertiary/aromatic N) is 4. The van der Waals surface area contributed by atoms with Crippen molar-refractivity contribution in [3.63, 3.8) is 0 Å². The van der Waals surface area contributed by atoms with E-state index in [0.717, 1.165) is 6.07 Å². The van der Waals surface area contributed by atoms with Crippen molar-refractivity contribution in [2.75, 3.05) is 6.54 Å². The van der Waals surface area contributed by atoms with E-state index in [4.69, 9.17) is 4.84 Å². The molecule has 29 heavy (non-hydrogen) atoms. The zero-order chi connectivity index (χ0) is 20.8. The monoisotopic (exact) mass is 417 g/mol. The zero-order valence-corrected chi connectivity index (χ0v) is 15.2. The first-order valence-electron chi connectivity index (χ1n) is 8.01. The zero-order valence-electron chi connectivity index (χ0n) is 14.3. The Balaban J connectivity index is 1.44. The Morgan fingerprint density at radius 1 is 1.10 bits per heavy atom. The van der Waals surface area contributed by atoms with Crippen LogP contribution in [0.2, 0.25) is 0 Å². The number of hydrogen-bond donors (Lipinski definition) is 2. The van der Waals surface area contributed by atoms with Crippen molar-refractivity contribution in [3.8, 4) is 0 Å². The van der Waals surface area contributed by atoms with Crippen LogP contribution < -0.4 is 4.72 Å². The Morgan fingerprint density at radius 3 is 2.41 bits per heavy atom. The van der Waals surface area contributed by atoms with Crippen LogP contribution in [0.15, 0.2) is 47.4 Å². The van der Waals surface area contributed by atoms with Crippen molar-refractivity contribution < 1.29 is 32.8 Å². The van der Waals surface area contributed by atoms with Gasteiger partial charge in [0.25, 0.3) is 11.8 Å². The molecule has 1 aromatic heterocycles. The molecule has 13 heteroatoms. The third-order valence-corrected chi connectivity index (χ3v) is 5.47. The molecule has 4 rings (SSSR count). The average Bonchev–Trinajstić information content (AvgIpc) is 3.20. The number of carbonyl (C=O) groups excluding carboxylic acids is 3. The first-order chi connectivity index (χ1) is 13.8. The lowest BCUT2D eigenvalue weighted by Gasteiger charge is -2.13. The molecule has 0 atom stereocenters. The molecule has 0 aliphatic carbocycles. The number of hydroxylamine groups is 2. The molecule has 0 bridgehead atoms. The maximum atomic E-state index is 12.3. The molecule has 0 spiro atoms. The quantitative estimate of drug-likeness (QED) is 0.419. The van der Waals surface area contributed by atoms with Crippen molar-refractivity contribution in [1.29, 1.82) is 0 Å². The van der Waals surface area contributed by atoms with E-state index < -0.39 is 34.4 Å². The van der Waals surface area contributed by atoms with Crippen LogP contribution in [-0.4, -0.2) is 58.2 Å². The number of carbonyl (C=O) groups is 3. The van der Waals surface area contributed by atoms with E-state index >= 15 is 0 Å². The lowest BCUT2D eigenvalue weighted by atomic mass is 10.1. The Morgan fingerprint density at radius 2 is 1.76 bits per heavy atom. The molecule has 0 saturated heterocycles. The summed E-state index contributed by atoms with van der Waals surface area (Å²) in [5.41, 5.74) is 0.463. The third kappa shape index (κ3) is 3.17. The fourth-order valence-corrected chi connectivity index (χ4v) is 3.67. The molecule has 2 N–H and O–H groups in total. The minimum atomic E-state index is -4.15. The highest BCUT2D eigenvalue weighted by molar-refractivity contribution is 7.89. The largest absolute Gasteiger partial charge is 0.410 e. The Kier molecular flexibility index (Phi) is 4.24. The fraction of sp³-hybridized carbons (Fsp3) is 0.0625. The summed E-state index contributed by atoms with van der Waals surface area (Å²) in [7, 11) is -4.15. The molecule has 0 saturated carbocycles. The van der Waals surface area contributed by atoms with Gasteiger partial charge < -0.3 is 10.0 Å². The van der Waals surface area contributed by atoms with Gasteiger partial charge in [-0.2, -0.15) is 4.72 Å². The number of nitrogens with one attached hydrogen (secondary N) is 1. The summed E-state index contributed by atoms with van der Waals surface area (Å²) in [6, 6.07) is 9.52. The third-order valence-electron chi connectivity index (χ3n) is 4.07. The highest BCUT2D eigenvalue weighted by Gasteiger charge is 2.38. The van der Waals surface area contributed by atoms with Crippen LogP contribution in [0.4, 0.5) is 0 Å². The van der Waals surface area contributed by atoms with Crippen molar-refractivity contribution in [2.24, 2.45) is 0 Å². The molecule has 2 heterocycles. The molecule has 2 aromatic carbocycles. The van der Waals surface area contributed by atoms with Crippen LogP contribution in [0, 0.1) is 0 Å². The maximum Gasteiger partial charge on any atom is 0.347 e. The lowest BCUT2D eigenvalue weighted by molar-refractivity contribution is -0.166. The predicted molar refractivity (Wildman–Crippen MR) is 92.9 cm³/mol. The molecule has 3 aromatic rings. The van der Waals surface area contributed by atoms with Gasteiger partial charge in [0, 0.05) is 0 Å². The lowest BCUT2D eigenvalue weighted by Crippen LogP contribution is -2.38. The van der Waals surface area contributed by atoms with E-state index in [1.54, 1.807) is 12.1 Å². The molecule has 0 fully saturated rings. The number of imide groups is 1. The smallest absolute Gasteiger partial charge is 0.347 e. The van der Waals surface area contributed by atoms with Gasteiger partial charge in [0.1, 0.15) is 17.6 Å². The summed E-state index contributed by atoms with van der Waals surface area (Å²) in [5.74, 6) is -2.80. The highest BCUT2D eigenvalue weighted by atomic mass is 32.2. The molecule has 0 radical (unpaired) electrons. The van der Waals surface area contributed by atoms with Crippen LogP contribution in [0.1, 0.15) is 20.7 Å². The normalized spacial score (nSPS) is 13.7. The van der Waals surface area contributed by atoms with Gasteiger partial charge in [-0.1, -0.05) is 22.0 Å². The van der Waals surface area contributed by atoms with E-state index in [1.165, 1.54) is 24.3 Å². The molecule has 0 unspecified atom stereocenters. The maximum absolute atomic E-state index is 12.3. The van der Waals surface area contributed by atoms with Crippen LogP contribution in [0.25, 0.3) is 11.0 Å². The Labute approximate surface area is 162 Å². The summed E-state index contributed by atoms with van der Waals surface area (Å²) in [5, 5.41) is 16.6. The minimum Gasteiger partial charge on any atom is -0.410 e. The number of rotatable bonds is 5. The number of hydrogen-bond acceptors (Lipinski definition) is 9. The number of fused-ring (bicyclic) bond motifs is 2. The van der Waals surface area contributed by atoms with E-state index in [-0.39, 0.29) is 32.1 Å². The standard InChI is InChI=1S/C16H11N5O7S/c22-14(28-20-15(23)10-3-1-2-4-11(10)16(20)24)8-17-29(26,27)9-5-6-13-12(7-9)18-19-21(13)25/h1-7,17,25H,8H2. The van der Waals surface area contributed by atoms with Crippen LogP contribution in [0.5, 0.6) is 0 Å². The van der Waals surface area contributed by atoms with Crippen LogP contribution in [-0.2, 0) is 19.7 Å². The molecule has 1 aliphatic heterocycles. The average molecular weight is 417 g/mol. The second kappa shape index (κ2) is 6.65. The van der Waals surface area contributed by atoms with Gasteiger partial charge >= 0.3 is 5.97 Å². The summed E-state index contributed by atoms with van der Waals surface area (Å²) in [4.78, 5) is 41.3. The Hall–Kier alpha value is -3.84. The molecule has 148 valence electrons. The van der Waals surface area contributed by atoms with Gasteiger partial charge in [-0.05, 0) is 35.5 Å². The molecule has 2 amide bonds. The van der Waals surface area contributed by atoms with Crippen LogP contribution in [0.3, 0.4) is 0 Å². The van der Waals surface area contributed by atoms with E-state index in [9.17, 15) is 28.0 Å². The van der Waals surface area contributed by atoms with Gasteiger partial charge in [-0.25, -0.2) is 13.2 Å². The predicted octanol–water partition coefficient (Wildman–Crippen LogP) is -0.299. The van der Waals surface area contributed by atoms with Crippen molar-refractivity contribution in [3.05, 3.63) is 53.6 Å². The first kappa shape index (κ1) is 18.5. The SMILES string of the molecule is O=C(CNS(=O)(=O)c1ccc2c(c1)nnn2O)ON1C(=O)c2ccccc2C1=O. The molecular formula is C16H11N5O7S. The van der Waals surface area contributed by atoms with Crippen LogP contribution >= 0.6 is 0 Å². The minimum absolute atomic E-state index is 0.0797. The topological polar surface area (TPSA) is 161 Å². The van der Waals surface area contributed by atoms with E-state index in [1.807, 2.05) is 4.72 Å². The van der Waals surface area contributed by atoms with Gasteiger partial charge in [-0.15, -0.1) is 5.10 Å². The van der Waals surface area contributed by atoms with E-state index in [2.05, 4.69) is 10.3 Å². The second-order valence-electron chi connectivity index (χ2n) is 5.87. The summed E-state index contributed by atoms with van der Waals surface area (Å²) in [6.45, 7) is -0.833. The second-order valence-corrected chi connectivity index (χ2v) is 7.63. The van der Waals surface area contributed by atoms with Crippen molar-refractivity contribution in [1.82, 2.24) is 24.9 Å². The van der Waals surface area contributed by atoms with Crippen molar-refractivity contribution in [2.45, 2.75) is 4.90 Å². The Bertz CT molecular complexity index is 1250. The number of aromatic nitrogens is 3. The molecule has 1 aliphatic rings. The summed E-state index contributed by atoms with van der Waals surface area (Å²) in [6.07, 6.45) is 0. The van der Waals surface area contributed by atoms with E-state index in [0.29, 0.717) is 4.85 Å². The summed E-state index contributed by atoms with van der Waals surface area (Å²) < 4.78 is 26.7.